The van der Waals surface area contributed by atoms with Gasteiger partial charge in [-0.2, -0.15) is 0 Å². The summed E-state index contributed by atoms with van der Waals surface area (Å²) in [5.41, 5.74) is 0.973. The Morgan fingerprint density at radius 2 is 2.00 bits per heavy atom. The van der Waals surface area contributed by atoms with E-state index in [0.29, 0.717) is 0 Å². The SMILES string of the molecule is CCCCCCOc1ccc(C(C(C)=O)c2nccs2)cc1. The maximum Gasteiger partial charge on any atom is 0.144 e. The van der Waals surface area contributed by atoms with E-state index in [1.54, 1.807) is 13.1 Å². The summed E-state index contributed by atoms with van der Waals surface area (Å²) >= 11 is 1.52. The van der Waals surface area contributed by atoms with Gasteiger partial charge in [-0.05, 0) is 31.0 Å². The van der Waals surface area contributed by atoms with E-state index in [0.717, 1.165) is 29.3 Å². The fraction of sp³-hybridized carbons (Fsp3) is 0.444. The van der Waals surface area contributed by atoms with Crippen LogP contribution < -0.4 is 4.74 Å². The van der Waals surface area contributed by atoms with E-state index in [-0.39, 0.29) is 11.7 Å². The molecular weight excluding hydrogens is 294 g/mol. The van der Waals surface area contributed by atoms with Gasteiger partial charge >= 0.3 is 0 Å². The number of nitrogens with zero attached hydrogens (tertiary/aromatic N) is 1. The molecule has 0 amide bonds. The molecule has 22 heavy (non-hydrogen) atoms. The highest BCUT2D eigenvalue weighted by molar-refractivity contribution is 7.09. The molecule has 0 aliphatic rings. The molecule has 2 aromatic rings. The molecule has 118 valence electrons. The molecule has 2 rings (SSSR count). The van der Waals surface area contributed by atoms with E-state index in [1.807, 2.05) is 29.6 Å². The van der Waals surface area contributed by atoms with E-state index in [4.69, 9.17) is 4.74 Å². The van der Waals surface area contributed by atoms with Crippen LogP contribution in [0, 0.1) is 0 Å². The van der Waals surface area contributed by atoms with Crippen LogP contribution in [0.25, 0.3) is 0 Å². The number of hydrogen-bond donors (Lipinski definition) is 0. The minimum Gasteiger partial charge on any atom is -0.494 e. The third-order valence-electron chi connectivity index (χ3n) is 3.58. The number of unbranched alkanes of at least 4 members (excludes halogenated alkanes) is 3. The topological polar surface area (TPSA) is 39.2 Å². The molecule has 0 saturated carbocycles. The lowest BCUT2D eigenvalue weighted by molar-refractivity contribution is -0.117. The molecule has 0 bridgehead atoms. The first-order valence-electron chi connectivity index (χ1n) is 7.85. The van der Waals surface area contributed by atoms with Crippen LogP contribution in [-0.4, -0.2) is 17.4 Å². The quantitative estimate of drug-likeness (QED) is 0.622. The molecule has 1 aromatic heterocycles. The van der Waals surface area contributed by atoms with E-state index >= 15 is 0 Å². The van der Waals surface area contributed by atoms with Crippen LogP contribution in [-0.2, 0) is 4.79 Å². The van der Waals surface area contributed by atoms with Crippen LogP contribution in [0.2, 0.25) is 0 Å². The van der Waals surface area contributed by atoms with Crippen molar-refractivity contribution >= 4 is 17.1 Å². The van der Waals surface area contributed by atoms with Crippen molar-refractivity contribution in [2.24, 2.45) is 0 Å². The second kappa shape index (κ2) is 8.69. The normalized spacial score (nSPS) is 12.1. The minimum atomic E-state index is -0.265. The summed E-state index contributed by atoms with van der Waals surface area (Å²) in [4.78, 5) is 16.2. The summed E-state index contributed by atoms with van der Waals surface area (Å²) in [5, 5.41) is 2.75. The molecule has 4 heteroatoms. The zero-order valence-corrected chi connectivity index (χ0v) is 14.1. The number of benzene rings is 1. The molecule has 1 unspecified atom stereocenters. The average molecular weight is 317 g/mol. The first kappa shape index (κ1) is 16.7. The molecular formula is C18H23NO2S. The Balaban J connectivity index is 1.97. The van der Waals surface area contributed by atoms with Gasteiger partial charge in [-0.3, -0.25) is 4.79 Å². The minimum absolute atomic E-state index is 0.114. The number of aromatic nitrogens is 1. The molecule has 0 saturated heterocycles. The van der Waals surface area contributed by atoms with Crippen molar-refractivity contribution in [1.29, 1.82) is 0 Å². The molecule has 3 nitrogen and oxygen atoms in total. The number of carbonyl (C=O) groups excluding carboxylic acids is 1. The summed E-state index contributed by atoms with van der Waals surface area (Å²) in [6.07, 6.45) is 6.54. The highest BCUT2D eigenvalue weighted by atomic mass is 32.1. The van der Waals surface area contributed by atoms with Crippen molar-refractivity contribution in [3.8, 4) is 5.75 Å². The van der Waals surface area contributed by atoms with E-state index < -0.39 is 0 Å². The third kappa shape index (κ3) is 4.67. The molecule has 0 fully saturated rings. The number of Topliss-reactive ketones (excluding diaryl/α,β-unsaturated/α-hetero) is 1. The lowest BCUT2D eigenvalue weighted by atomic mass is 9.96. The molecule has 1 heterocycles. The largest absolute Gasteiger partial charge is 0.494 e. The number of rotatable bonds is 9. The van der Waals surface area contributed by atoms with Crippen molar-refractivity contribution in [3.63, 3.8) is 0 Å². The Morgan fingerprint density at radius 3 is 2.59 bits per heavy atom. The Bertz CT molecular complexity index is 563. The Labute approximate surface area is 136 Å². The second-order valence-electron chi connectivity index (χ2n) is 5.39. The summed E-state index contributed by atoms with van der Waals surface area (Å²) in [6, 6.07) is 7.82. The van der Waals surface area contributed by atoms with Gasteiger partial charge in [-0.15, -0.1) is 11.3 Å². The van der Waals surface area contributed by atoms with Gasteiger partial charge in [0.1, 0.15) is 16.5 Å². The number of hydrogen-bond acceptors (Lipinski definition) is 4. The molecule has 1 atom stereocenters. The summed E-state index contributed by atoms with van der Waals surface area (Å²) in [5.74, 6) is 0.712. The lowest BCUT2D eigenvalue weighted by Crippen LogP contribution is -2.10. The van der Waals surface area contributed by atoms with Crippen LogP contribution in [0.1, 0.15) is 56.0 Å². The molecule has 0 N–H and O–H groups in total. The van der Waals surface area contributed by atoms with E-state index in [9.17, 15) is 4.79 Å². The fourth-order valence-corrected chi connectivity index (χ4v) is 3.22. The maximum absolute atomic E-state index is 11.9. The van der Waals surface area contributed by atoms with Gasteiger partial charge in [0.25, 0.3) is 0 Å². The summed E-state index contributed by atoms with van der Waals surface area (Å²) in [6.45, 7) is 4.57. The van der Waals surface area contributed by atoms with Crippen molar-refractivity contribution in [2.75, 3.05) is 6.61 Å². The molecule has 0 spiro atoms. The van der Waals surface area contributed by atoms with E-state index in [1.165, 1.54) is 30.6 Å². The first-order chi connectivity index (χ1) is 10.7. The van der Waals surface area contributed by atoms with Crippen molar-refractivity contribution < 1.29 is 9.53 Å². The zero-order valence-electron chi connectivity index (χ0n) is 13.2. The average Bonchev–Trinajstić information content (AvgIpc) is 3.02. The van der Waals surface area contributed by atoms with Gasteiger partial charge in [-0.1, -0.05) is 38.3 Å². The predicted octanol–water partition coefficient (Wildman–Crippen LogP) is 4.82. The number of ether oxygens (including phenoxy) is 1. The van der Waals surface area contributed by atoms with E-state index in [2.05, 4.69) is 11.9 Å². The third-order valence-corrected chi connectivity index (χ3v) is 4.43. The maximum atomic E-state index is 11.9. The van der Waals surface area contributed by atoms with Crippen LogP contribution in [0.15, 0.2) is 35.8 Å². The van der Waals surface area contributed by atoms with Gasteiger partial charge in [0.2, 0.25) is 0 Å². The van der Waals surface area contributed by atoms with Gasteiger partial charge in [0.05, 0.1) is 12.5 Å². The molecule has 1 aromatic carbocycles. The Hall–Kier alpha value is -1.68. The van der Waals surface area contributed by atoms with Crippen LogP contribution >= 0.6 is 11.3 Å². The Morgan fingerprint density at radius 1 is 1.23 bits per heavy atom. The molecule has 0 radical (unpaired) electrons. The molecule has 0 aliphatic carbocycles. The summed E-state index contributed by atoms with van der Waals surface area (Å²) in [7, 11) is 0. The Kier molecular flexibility index (Phi) is 6.59. The predicted molar refractivity (Wildman–Crippen MR) is 90.7 cm³/mol. The number of carbonyl (C=O) groups is 1. The smallest absolute Gasteiger partial charge is 0.144 e. The van der Waals surface area contributed by atoms with Crippen molar-refractivity contribution in [1.82, 2.24) is 4.98 Å². The van der Waals surface area contributed by atoms with Gasteiger partial charge in [0.15, 0.2) is 0 Å². The monoisotopic (exact) mass is 317 g/mol. The highest BCUT2D eigenvalue weighted by Crippen LogP contribution is 2.28. The fourth-order valence-electron chi connectivity index (χ4n) is 2.40. The van der Waals surface area contributed by atoms with Crippen LogP contribution in [0.5, 0.6) is 5.75 Å². The lowest BCUT2D eigenvalue weighted by Gasteiger charge is -2.12. The standard InChI is InChI=1S/C18H23NO2S/c1-3-4-5-6-12-21-16-9-7-15(8-10-16)17(14(2)20)18-19-11-13-22-18/h7-11,13,17H,3-6,12H2,1-2H3. The van der Waals surface area contributed by atoms with Crippen LogP contribution in [0.4, 0.5) is 0 Å². The van der Waals surface area contributed by atoms with Crippen LogP contribution in [0.3, 0.4) is 0 Å². The zero-order chi connectivity index (χ0) is 15.8. The first-order valence-corrected chi connectivity index (χ1v) is 8.73. The van der Waals surface area contributed by atoms with Gasteiger partial charge in [0, 0.05) is 11.6 Å². The van der Waals surface area contributed by atoms with Gasteiger partial charge in [-0.25, -0.2) is 4.98 Å². The summed E-state index contributed by atoms with van der Waals surface area (Å²) < 4.78 is 5.74. The molecule has 0 aliphatic heterocycles. The van der Waals surface area contributed by atoms with Gasteiger partial charge < -0.3 is 4.74 Å². The number of thiazole rings is 1. The highest BCUT2D eigenvalue weighted by Gasteiger charge is 2.21. The second-order valence-corrected chi connectivity index (χ2v) is 6.32. The van der Waals surface area contributed by atoms with Crippen molar-refractivity contribution in [3.05, 3.63) is 46.4 Å². The number of ketones is 1. The van der Waals surface area contributed by atoms with Crippen molar-refractivity contribution in [2.45, 2.75) is 45.4 Å².